The minimum Gasteiger partial charge on any atom is -0.464 e. The lowest BCUT2D eigenvalue weighted by atomic mass is 9.73. The van der Waals surface area contributed by atoms with Crippen LogP contribution in [0.2, 0.25) is 0 Å². The predicted molar refractivity (Wildman–Crippen MR) is 88.1 cm³/mol. The third-order valence-corrected chi connectivity index (χ3v) is 5.30. The van der Waals surface area contributed by atoms with E-state index in [9.17, 15) is 14.8 Å². The molecule has 126 valence electrons. The lowest BCUT2D eigenvalue weighted by Gasteiger charge is -2.35. The third kappa shape index (κ3) is 2.62. The number of furan rings is 1. The van der Waals surface area contributed by atoms with Crippen molar-refractivity contribution in [2.75, 3.05) is 0 Å². The minimum atomic E-state index is -1.62. The number of carbonyl (C=O) groups is 1. The van der Waals surface area contributed by atoms with Crippen LogP contribution in [0.25, 0.3) is 11.0 Å². The van der Waals surface area contributed by atoms with Gasteiger partial charge in [0, 0.05) is 5.39 Å². The molecule has 3 heterocycles. The Morgan fingerprint density at radius 2 is 2.17 bits per heavy atom. The highest BCUT2D eigenvalue weighted by molar-refractivity contribution is 6.43. The molecule has 6 nitrogen and oxygen atoms in total. The Labute approximate surface area is 140 Å². The first-order valence-electron chi connectivity index (χ1n) is 8.37. The molecule has 2 aromatic rings. The lowest BCUT2D eigenvalue weighted by molar-refractivity contribution is -0.122. The third-order valence-electron chi connectivity index (χ3n) is 5.30. The van der Waals surface area contributed by atoms with E-state index in [1.807, 2.05) is 24.3 Å². The number of nitrogens with zero attached hydrogens (tertiary/aromatic N) is 1. The molecule has 4 rings (SSSR count). The number of amides is 1. The van der Waals surface area contributed by atoms with Crippen molar-refractivity contribution in [2.45, 2.75) is 49.9 Å². The van der Waals surface area contributed by atoms with E-state index in [0.717, 1.165) is 42.2 Å². The zero-order chi connectivity index (χ0) is 16.7. The number of rotatable bonds is 6. The highest BCUT2D eigenvalue weighted by Crippen LogP contribution is 2.38. The first-order chi connectivity index (χ1) is 11.7. The molecule has 2 saturated heterocycles. The van der Waals surface area contributed by atoms with Crippen LogP contribution in [-0.2, 0) is 16.0 Å². The Kier molecular flexibility index (Phi) is 4.08. The van der Waals surface area contributed by atoms with E-state index in [2.05, 4.69) is 0 Å². The molecule has 24 heavy (non-hydrogen) atoms. The van der Waals surface area contributed by atoms with Crippen LogP contribution in [0.5, 0.6) is 0 Å². The molecule has 0 aliphatic carbocycles. The van der Waals surface area contributed by atoms with Crippen LogP contribution in [0.1, 0.15) is 24.8 Å². The monoisotopic (exact) mass is 329 g/mol. The van der Waals surface area contributed by atoms with Crippen LogP contribution in [-0.4, -0.2) is 52.7 Å². The number of hydrogen-bond donors (Lipinski definition) is 2. The molecule has 2 aliphatic rings. The van der Waals surface area contributed by atoms with Gasteiger partial charge in [0.25, 0.3) is 0 Å². The molecule has 0 radical (unpaired) electrons. The van der Waals surface area contributed by atoms with Crippen molar-refractivity contribution >= 4 is 24.5 Å². The van der Waals surface area contributed by atoms with Crippen LogP contribution in [0.3, 0.4) is 0 Å². The van der Waals surface area contributed by atoms with Crippen LogP contribution < -0.4 is 0 Å². The van der Waals surface area contributed by atoms with Crippen molar-refractivity contribution in [1.82, 2.24) is 4.90 Å². The molecule has 4 atom stereocenters. The normalized spacial score (nSPS) is 26.7. The molecule has 2 fully saturated rings. The minimum absolute atomic E-state index is 0.00236. The maximum atomic E-state index is 11.7. The van der Waals surface area contributed by atoms with Gasteiger partial charge in [-0.05, 0) is 37.3 Å². The largest absolute Gasteiger partial charge is 0.476 e. The topological polar surface area (TPSA) is 83.1 Å². The Bertz CT molecular complexity index is 733. The molecule has 2 N–H and O–H groups in total. The fourth-order valence-corrected chi connectivity index (χ4v) is 4.11. The zero-order valence-electron chi connectivity index (χ0n) is 13.2. The van der Waals surface area contributed by atoms with Crippen molar-refractivity contribution in [2.24, 2.45) is 0 Å². The summed E-state index contributed by atoms with van der Waals surface area (Å²) < 4.78 is 11.3. The van der Waals surface area contributed by atoms with Gasteiger partial charge >= 0.3 is 7.12 Å². The SMILES string of the molecule is O=CN([C@@H]1C[C@@H]2CC[C@H]1O2)[C@@H](Cc1coc2ccccc12)B(O)O. The van der Waals surface area contributed by atoms with Gasteiger partial charge in [0.2, 0.25) is 6.41 Å². The van der Waals surface area contributed by atoms with Gasteiger partial charge in [-0.25, -0.2) is 0 Å². The molecule has 1 aromatic carbocycles. The standard InChI is InChI=1S/C17H20BNO5/c20-10-19(14-8-12-5-6-16(14)24-12)17(18(21)22)7-11-9-23-15-4-2-1-3-13(11)15/h1-4,9-10,12,14,16-17,21-22H,5-8H2/t12-,14+,16+,17-/m0/s1. The number of hydrogen-bond acceptors (Lipinski definition) is 5. The summed E-state index contributed by atoms with van der Waals surface area (Å²) in [6, 6.07) is 7.50. The van der Waals surface area contributed by atoms with E-state index < -0.39 is 13.1 Å². The Morgan fingerprint density at radius 1 is 1.33 bits per heavy atom. The first kappa shape index (κ1) is 15.7. The fraction of sp³-hybridized carbons (Fsp3) is 0.471. The second-order valence-corrected chi connectivity index (χ2v) is 6.67. The van der Waals surface area contributed by atoms with Crippen molar-refractivity contribution in [3.8, 4) is 0 Å². The summed E-state index contributed by atoms with van der Waals surface area (Å²) in [5.41, 5.74) is 1.61. The fourth-order valence-electron chi connectivity index (χ4n) is 4.11. The maximum absolute atomic E-state index is 11.7. The highest BCUT2D eigenvalue weighted by atomic mass is 16.5. The van der Waals surface area contributed by atoms with Gasteiger partial charge < -0.3 is 24.1 Å². The summed E-state index contributed by atoms with van der Waals surface area (Å²) in [4.78, 5) is 13.3. The lowest BCUT2D eigenvalue weighted by Crippen LogP contribution is -2.54. The second kappa shape index (κ2) is 6.24. The summed E-state index contributed by atoms with van der Waals surface area (Å²) in [5, 5.41) is 20.7. The zero-order valence-corrected chi connectivity index (χ0v) is 13.2. The molecule has 1 aromatic heterocycles. The average Bonchev–Trinajstić information content (AvgIpc) is 3.30. The number of para-hydroxylation sites is 1. The van der Waals surface area contributed by atoms with Crippen LogP contribution >= 0.6 is 0 Å². The van der Waals surface area contributed by atoms with Crippen molar-refractivity contribution in [3.05, 3.63) is 36.1 Å². The van der Waals surface area contributed by atoms with Crippen LogP contribution in [0.15, 0.2) is 34.9 Å². The molecule has 0 unspecified atom stereocenters. The number of fused-ring (bicyclic) bond motifs is 3. The van der Waals surface area contributed by atoms with Crippen LogP contribution in [0.4, 0.5) is 0 Å². The quantitative estimate of drug-likeness (QED) is 0.613. The second-order valence-electron chi connectivity index (χ2n) is 6.67. The smallest absolute Gasteiger partial charge is 0.464 e. The van der Waals surface area contributed by atoms with Crippen molar-refractivity contribution in [3.63, 3.8) is 0 Å². The summed E-state index contributed by atoms with van der Waals surface area (Å²) in [5.74, 6) is -0.726. The van der Waals surface area contributed by atoms with Gasteiger partial charge in [0.1, 0.15) is 5.58 Å². The number of carbonyl (C=O) groups excluding carboxylic acids is 1. The van der Waals surface area contributed by atoms with Gasteiger partial charge in [-0.15, -0.1) is 0 Å². The summed E-state index contributed by atoms with van der Waals surface area (Å²) in [6.45, 7) is 0. The Morgan fingerprint density at radius 3 is 2.83 bits per heavy atom. The van der Waals surface area contributed by atoms with Crippen molar-refractivity contribution < 1.29 is 24.0 Å². The highest BCUT2D eigenvalue weighted by Gasteiger charge is 2.46. The van der Waals surface area contributed by atoms with Gasteiger partial charge in [0.05, 0.1) is 30.5 Å². The van der Waals surface area contributed by atoms with E-state index in [1.54, 1.807) is 6.26 Å². The van der Waals surface area contributed by atoms with E-state index >= 15 is 0 Å². The van der Waals surface area contributed by atoms with Crippen molar-refractivity contribution in [1.29, 1.82) is 0 Å². The van der Waals surface area contributed by atoms with Gasteiger partial charge in [-0.1, -0.05) is 18.2 Å². The molecule has 2 aliphatic heterocycles. The van der Waals surface area contributed by atoms with E-state index in [1.165, 1.54) is 4.90 Å². The summed E-state index contributed by atoms with van der Waals surface area (Å²) >= 11 is 0. The average molecular weight is 329 g/mol. The molecule has 0 spiro atoms. The molecule has 2 bridgehead atoms. The molecular formula is C17H20BNO5. The molecular weight excluding hydrogens is 309 g/mol. The molecule has 1 amide bonds. The number of benzene rings is 1. The van der Waals surface area contributed by atoms with Gasteiger partial charge in [-0.3, -0.25) is 4.79 Å². The maximum Gasteiger partial charge on any atom is 0.476 e. The first-order valence-corrected chi connectivity index (χ1v) is 8.37. The summed E-state index contributed by atoms with van der Waals surface area (Å²) in [7, 11) is -1.62. The molecule has 0 saturated carbocycles. The number of ether oxygens (including phenoxy) is 1. The summed E-state index contributed by atoms with van der Waals surface area (Å²) in [6.07, 6.45) is 5.56. The van der Waals surface area contributed by atoms with E-state index in [4.69, 9.17) is 9.15 Å². The van der Waals surface area contributed by atoms with E-state index in [-0.39, 0.29) is 18.2 Å². The van der Waals surface area contributed by atoms with Gasteiger partial charge in [-0.2, -0.15) is 0 Å². The van der Waals surface area contributed by atoms with Crippen LogP contribution in [0, 0.1) is 0 Å². The Balaban J connectivity index is 1.60. The van der Waals surface area contributed by atoms with Gasteiger partial charge in [0.15, 0.2) is 0 Å². The van der Waals surface area contributed by atoms with E-state index in [0.29, 0.717) is 6.42 Å². The molecule has 7 heteroatoms. The Hall–Kier alpha value is -1.83. The predicted octanol–water partition coefficient (Wildman–Crippen LogP) is 1.13.